The molecule has 0 fully saturated rings. The normalized spacial score (nSPS) is 13.0. The number of hydrogen-bond donors (Lipinski definition) is 1. The number of hydrogen-bond acceptors (Lipinski definition) is 3. The van der Waals surface area contributed by atoms with Crippen molar-refractivity contribution < 1.29 is 4.74 Å². The summed E-state index contributed by atoms with van der Waals surface area (Å²) in [5.41, 5.74) is 1.20. The summed E-state index contributed by atoms with van der Waals surface area (Å²) in [5.74, 6) is 0. The highest BCUT2D eigenvalue weighted by Gasteiger charge is 2.11. The number of nitrogens with one attached hydrogen (secondary N) is 1. The van der Waals surface area contributed by atoms with Gasteiger partial charge in [0.05, 0.1) is 18.8 Å². The maximum atomic E-state index is 5.18. The molecule has 1 aromatic rings. The topological polar surface area (TPSA) is 39.1 Å². The minimum atomic E-state index is 0.255. The van der Waals surface area contributed by atoms with E-state index < -0.39 is 0 Å². The average Bonchev–Trinajstić information content (AvgIpc) is 2.67. The number of rotatable bonds is 7. The molecule has 0 aromatic carbocycles. The second-order valence-corrected chi connectivity index (χ2v) is 3.60. The fourth-order valence-electron chi connectivity index (χ4n) is 1.60. The van der Waals surface area contributed by atoms with Crippen LogP contribution >= 0.6 is 0 Å². The summed E-state index contributed by atoms with van der Waals surface area (Å²) in [4.78, 5) is 0. The lowest BCUT2D eigenvalue weighted by atomic mass is 10.2. The Bertz CT molecular complexity index is 267. The molecule has 1 rings (SSSR count). The summed E-state index contributed by atoms with van der Waals surface area (Å²) in [7, 11) is 1.72. The van der Waals surface area contributed by atoms with Gasteiger partial charge in [-0.15, -0.1) is 0 Å². The zero-order chi connectivity index (χ0) is 11.1. The van der Waals surface area contributed by atoms with Gasteiger partial charge in [0.1, 0.15) is 0 Å². The predicted octanol–water partition coefficient (Wildman–Crippen LogP) is 1.59. The van der Waals surface area contributed by atoms with Gasteiger partial charge in [0.15, 0.2) is 0 Å². The van der Waals surface area contributed by atoms with Gasteiger partial charge in [-0.25, -0.2) is 0 Å². The van der Waals surface area contributed by atoms with Crippen LogP contribution in [0.15, 0.2) is 12.4 Å². The van der Waals surface area contributed by atoms with E-state index >= 15 is 0 Å². The van der Waals surface area contributed by atoms with Crippen molar-refractivity contribution in [1.29, 1.82) is 0 Å². The van der Waals surface area contributed by atoms with Crippen molar-refractivity contribution in [3.63, 3.8) is 0 Å². The highest BCUT2D eigenvalue weighted by molar-refractivity contribution is 5.10. The molecule has 1 aromatic heterocycles. The van der Waals surface area contributed by atoms with Crippen LogP contribution < -0.4 is 5.32 Å². The number of likely N-dealkylation sites (N-methyl/N-ethyl adjacent to an activating group) is 1. The number of aromatic nitrogens is 2. The molecular weight excluding hydrogens is 190 g/mol. The Kier molecular flexibility index (Phi) is 5.36. The number of ether oxygens (including phenoxy) is 1. The summed E-state index contributed by atoms with van der Waals surface area (Å²) in [6, 6.07) is 0.255. The second kappa shape index (κ2) is 6.58. The third-order valence-electron chi connectivity index (χ3n) is 2.29. The van der Waals surface area contributed by atoms with Crippen molar-refractivity contribution in [3.8, 4) is 0 Å². The first-order valence-electron chi connectivity index (χ1n) is 5.56. The van der Waals surface area contributed by atoms with Crippen LogP contribution in [-0.2, 0) is 11.3 Å². The van der Waals surface area contributed by atoms with E-state index in [1.165, 1.54) is 5.56 Å². The summed E-state index contributed by atoms with van der Waals surface area (Å²) in [6.45, 7) is 6.85. The quantitative estimate of drug-likeness (QED) is 0.744. The SMILES string of the molecule is CCCn1cc(C(COC)NCC)cn1. The van der Waals surface area contributed by atoms with Crippen molar-refractivity contribution in [1.82, 2.24) is 15.1 Å². The van der Waals surface area contributed by atoms with Crippen LogP contribution in [0.1, 0.15) is 31.9 Å². The lowest BCUT2D eigenvalue weighted by Gasteiger charge is -2.14. The second-order valence-electron chi connectivity index (χ2n) is 3.60. The third kappa shape index (κ3) is 3.64. The predicted molar refractivity (Wildman–Crippen MR) is 60.8 cm³/mol. The lowest BCUT2D eigenvalue weighted by molar-refractivity contribution is 0.168. The molecule has 0 saturated heterocycles. The van der Waals surface area contributed by atoms with E-state index in [1.54, 1.807) is 7.11 Å². The lowest BCUT2D eigenvalue weighted by Crippen LogP contribution is -2.24. The summed E-state index contributed by atoms with van der Waals surface area (Å²) >= 11 is 0. The Morgan fingerprint density at radius 3 is 2.93 bits per heavy atom. The minimum Gasteiger partial charge on any atom is -0.383 e. The van der Waals surface area contributed by atoms with E-state index in [4.69, 9.17) is 4.74 Å². The molecule has 0 aliphatic rings. The van der Waals surface area contributed by atoms with Gasteiger partial charge in [-0.3, -0.25) is 4.68 Å². The average molecular weight is 211 g/mol. The number of nitrogens with zero attached hydrogens (tertiary/aromatic N) is 2. The van der Waals surface area contributed by atoms with E-state index in [9.17, 15) is 0 Å². The first-order chi connectivity index (χ1) is 7.31. The molecule has 4 nitrogen and oxygen atoms in total. The van der Waals surface area contributed by atoms with Crippen LogP contribution in [-0.4, -0.2) is 30.0 Å². The van der Waals surface area contributed by atoms with Crippen LogP contribution in [0.25, 0.3) is 0 Å². The fourth-order valence-corrected chi connectivity index (χ4v) is 1.60. The molecule has 0 bridgehead atoms. The maximum Gasteiger partial charge on any atom is 0.0658 e. The monoisotopic (exact) mass is 211 g/mol. The largest absolute Gasteiger partial charge is 0.383 e. The van der Waals surface area contributed by atoms with E-state index in [1.807, 2.05) is 10.9 Å². The Balaban J connectivity index is 2.63. The van der Waals surface area contributed by atoms with E-state index in [0.29, 0.717) is 6.61 Å². The van der Waals surface area contributed by atoms with Crippen molar-refractivity contribution in [2.24, 2.45) is 0 Å². The van der Waals surface area contributed by atoms with Crippen LogP contribution in [0.5, 0.6) is 0 Å². The van der Waals surface area contributed by atoms with Gasteiger partial charge in [-0.1, -0.05) is 13.8 Å². The van der Waals surface area contributed by atoms with Gasteiger partial charge in [0, 0.05) is 25.4 Å². The Morgan fingerprint density at radius 1 is 1.53 bits per heavy atom. The van der Waals surface area contributed by atoms with Gasteiger partial charge < -0.3 is 10.1 Å². The van der Waals surface area contributed by atoms with Crippen molar-refractivity contribution in [2.45, 2.75) is 32.9 Å². The van der Waals surface area contributed by atoms with Gasteiger partial charge in [-0.05, 0) is 13.0 Å². The van der Waals surface area contributed by atoms with E-state index in [0.717, 1.165) is 19.5 Å². The van der Waals surface area contributed by atoms with Gasteiger partial charge >= 0.3 is 0 Å². The first-order valence-corrected chi connectivity index (χ1v) is 5.56. The molecule has 15 heavy (non-hydrogen) atoms. The maximum absolute atomic E-state index is 5.18. The molecule has 1 unspecified atom stereocenters. The molecule has 0 amide bonds. The smallest absolute Gasteiger partial charge is 0.0658 e. The summed E-state index contributed by atoms with van der Waals surface area (Å²) in [6.07, 6.45) is 5.12. The standard InChI is InChI=1S/C11H21N3O/c1-4-6-14-8-10(7-13-14)11(9-15-3)12-5-2/h7-8,11-12H,4-6,9H2,1-3H3. The number of aryl methyl sites for hydroxylation is 1. The molecular formula is C11H21N3O. The molecule has 1 heterocycles. The fraction of sp³-hybridized carbons (Fsp3) is 0.727. The van der Waals surface area contributed by atoms with Crippen LogP contribution in [0, 0.1) is 0 Å². The van der Waals surface area contributed by atoms with Crippen molar-refractivity contribution in [3.05, 3.63) is 18.0 Å². The van der Waals surface area contributed by atoms with Gasteiger partial charge in [-0.2, -0.15) is 5.10 Å². The molecule has 1 atom stereocenters. The van der Waals surface area contributed by atoms with Crippen molar-refractivity contribution >= 4 is 0 Å². The highest BCUT2D eigenvalue weighted by atomic mass is 16.5. The van der Waals surface area contributed by atoms with Gasteiger partial charge in [0.2, 0.25) is 0 Å². The molecule has 4 heteroatoms. The third-order valence-corrected chi connectivity index (χ3v) is 2.29. The molecule has 0 radical (unpaired) electrons. The zero-order valence-corrected chi connectivity index (χ0v) is 9.86. The zero-order valence-electron chi connectivity index (χ0n) is 9.86. The Morgan fingerprint density at radius 2 is 2.33 bits per heavy atom. The van der Waals surface area contributed by atoms with E-state index in [-0.39, 0.29) is 6.04 Å². The highest BCUT2D eigenvalue weighted by Crippen LogP contribution is 2.12. The van der Waals surface area contributed by atoms with Crippen LogP contribution in [0.2, 0.25) is 0 Å². The molecule has 0 spiro atoms. The van der Waals surface area contributed by atoms with E-state index in [2.05, 4.69) is 30.5 Å². The summed E-state index contributed by atoms with van der Waals surface area (Å²) in [5, 5.41) is 7.69. The number of methoxy groups -OCH3 is 1. The van der Waals surface area contributed by atoms with Crippen LogP contribution in [0.3, 0.4) is 0 Å². The molecule has 1 N–H and O–H groups in total. The Hall–Kier alpha value is -0.870. The molecule has 86 valence electrons. The molecule has 0 aliphatic heterocycles. The summed E-state index contributed by atoms with van der Waals surface area (Å²) < 4.78 is 7.16. The van der Waals surface area contributed by atoms with Crippen molar-refractivity contribution in [2.75, 3.05) is 20.3 Å². The molecule has 0 aliphatic carbocycles. The molecule has 0 saturated carbocycles. The first kappa shape index (κ1) is 12.2. The van der Waals surface area contributed by atoms with Crippen LogP contribution in [0.4, 0.5) is 0 Å². The van der Waals surface area contributed by atoms with Gasteiger partial charge in [0.25, 0.3) is 0 Å². The Labute approximate surface area is 91.6 Å². The minimum absolute atomic E-state index is 0.255.